The zero-order chi connectivity index (χ0) is 14.2. The van der Waals surface area contributed by atoms with Gasteiger partial charge in [-0.05, 0) is 57.1 Å². The summed E-state index contributed by atoms with van der Waals surface area (Å²) in [5.41, 5.74) is 0.454. The predicted octanol–water partition coefficient (Wildman–Crippen LogP) is 3.05. The molecule has 0 spiro atoms. The van der Waals surface area contributed by atoms with Gasteiger partial charge in [0, 0.05) is 16.6 Å². The van der Waals surface area contributed by atoms with Crippen LogP contribution in [0.2, 0.25) is 5.02 Å². The molecule has 2 aliphatic heterocycles. The number of nitrogens with one attached hydrogen (secondary N) is 1. The Morgan fingerprint density at radius 1 is 1.30 bits per heavy atom. The van der Waals surface area contributed by atoms with E-state index in [2.05, 4.69) is 12.2 Å². The van der Waals surface area contributed by atoms with Crippen LogP contribution in [-0.2, 0) is 4.74 Å². The summed E-state index contributed by atoms with van der Waals surface area (Å²) in [4.78, 5) is 13.9. The van der Waals surface area contributed by atoms with Gasteiger partial charge in [0.25, 0.3) is 0 Å². The van der Waals surface area contributed by atoms with Gasteiger partial charge in [0.05, 0.1) is 6.54 Å². The number of anilines is 1. The highest BCUT2D eigenvalue weighted by atomic mass is 35.5. The van der Waals surface area contributed by atoms with E-state index in [9.17, 15) is 4.79 Å². The van der Waals surface area contributed by atoms with Crippen LogP contribution in [0.1, 0.15) is 19.8 Å². The number of hydrogen-bond donors (Lipinski definition) is 1. The van der Waals surface area contributed by atoms with Crippen molar-refractivity contribution in [3.63, 3.8) is 0 Å². The molecule has 0 radical (unpaired) electrons. The minimum atomic E-state index is -0.390. The van der Waals surface area contributed by atoms with E-state index >= 15 is 0 Å². The first kappa shape index (κ1) is 13.7. The Hall–Kier alpha value is -1.26. The van der Waals surface area contributed by atoms with Crippen molar-refractivity contribution in [3.8, 4) is 0 Å². The summed E-state index contributed by atoms with van der Waals surface area (Å²) in [7, 11) is 0. The molecule has 3 rings (SSSR count). The SMILES string of the molecule is CC1(C2CCNCC2)CN(c2ccc(Cl)cc2)C(=O)O1. The van der Waals surface area contributed by atoms with Gasteiger partial charge < -0.3 is 10.1 Å². The van der Waals surface area contributed by atoms with Crippen molar-refractivity contribution in [2.75, 3.05) is 24.5 Å². The van der Waals surface area contributed by atoms with Gasteiger partial charge in [-0.3, -0.25) is 4.90 Å². The lowest BCUT2D eigenvalue weighted by Gasteiger charge is -2.34. The molecular weight excluding hydrogens is 276 g/mol. The average Bonchev–Trinajstić information content (AvgIpc) is 2.77. The maximum absolute atomic E-state index is 12.2. The highest BCUT2D eigenvalue weighted by molar-refractivity contribution is 6.30. The standard InChI is InChI=1S/C15H19ClN2O2/c1-15(11-6-8-17-9-7-11)10-18(14(19)20-15)13-4-2-12(16)3-5-13/h2-5,11,17H,6-10H2,1H3. The fraction of sp³-hybridized carbons (Fsp3) is 0.533. The quantitative estimate of drug-likeness (QED) is 0.911. The van der Waals surface area contributed by atoms with Gasteiger partial charge in [0.1, 0.15) is 5.60 Å². The van der Waals surface area contributed by atoms with Crippen LogP contribution < -0.4 is 10.2 Å². The molecule has 4 nitrogen and oxygen atoms in total. The summed E-state index contributed by atoms with van der Waals surface area (Å²) in [5, 5.41) is 4.02. The van der Waals surface area contributed by atoms with Gasteiger partial charge in [0.15, 0.2) is 0 Å². The molecule has 108 valence electrons. The molecule has 2 heterocycles. The number of rotatable bonds is 2. The number of hydrogen-bond acceptors (Lipinski definition) is 3. The molecule has 2 fully saturated rings. The van der Waals surface area contributed by atoms with Gasteiger partial charge in [-0.15, -0.1) is 0 Å². The summed E-state index contributed by atoms with van der Waals surface area (Å²) in [5.74, 6) is 0.421. The monoisotopic (exact) mass is 294 g/mol. The van der Waals surface area contributed by atoms with Crippen molar-refractivity contribution < 1.29 is 9.53 Å². The van der Waals surface area contributed by atoms with Crippen LogP contribution in [0.15, 0.2) is 24.3 Å². The number of amides is 1. The second kappa shape index (κ2) is 5.26. The first-order chi connectivity index (χ1) is 9.58. The first-order valence-electron chi connectivity index (χ1n) is 7.05. The molecule has 0 saturated carbocycles. The second-order valence-corrected chi connectivity index (χ2v) is 6.20. The summed E-state index contributed by atoms with van der Waals surface area (Å²) in [6.45, 7) is 4.66. The number of carbonyl (C=O) groups is 1. The van der Waals surface area contributed by atoms with Crippen molar-refractivity contribution in [3.05, 3.63) is 29.3 Å². The number of cyclic esters (lactones) is 1. The molecule has 1 N–H and O–H groups in total. The Labute approximate surface area is 124 Å². The molecule has 1 unspecified atom stereocenters. The van der Waals surface area contributed by atoms with E-state index in [1.165, 1.54) is 0 Å². The third kappa shape index (κ3) is 2.50. The van der Waals surface area contributed by atoms with Crippen LogP contribution in [0.5, 0.6) is 0 Å². The molecule has 2 aliphatic rings. The molecule has 0 bridgehead atoms. The fourth-order valence-electron chi connectivity index (χ4n) is 3.13. The lowest BCUT2D eigenvalue weighted by molar-refractivity contribution is 0.00962. The minimum Gasteiger partial charge on any atom is -0.441 e. The van der Waals surface area contributed by atoms with E-state index in [1.54, 1.807) is 17.0 Å². The second-order valence-electron chi connectivity index (χ2n) is 5.77. The number of piperidine rings is 1. The molecule has 2 saturated heterocycles. The normalized spacial score (nSPS) is 27.7. The molecule has 20 heavy (non-hydrogen) atoms. The Bertz CT molecular complexity index is 499. The first-order valence-corrected chi connectivity index (χ1v) is 7.43. The van der Waals surface area contributed by atoms with Crippen molar-refractivity contribution in [1.82, 2.24) is 5.32 Å². The van der Waals surface area contributed by atoms with Crippen LogP contribution in [0.4, 0.5) is 10.5 Å². The fourth-order valence-corrected chi connectivity index (χ4v) is 3.25. The molecule has 1 aromatic carbocycles. The van der Waals surface area contributed by atoms with Crippen LogP contribution in [0, 0.1) is 5.92 Å². The summed E-state index contributed by atoms with van der Waals surface area (Å²) < 4.78 is 5.71. The zero-order valence-electron chi connectivity index (χ0n) is 11.6. The molecule has 1 aromatic rings. The third-order valence-electron chi connectivity index (χ3n) is 4.35. The van der Waals surface area contributed by atoms with Gasteiger partial charge in [-0.1, -0.05) is 11.6 Å². The lowest BCUT2D eigenvalue weighted by atomic mass is 9.82. The minimum absolute atomic E-state index is 0.256. The molecule has 1 atom stereocenters. The highest BCUT2D eigenvalue weighted by Gasteiger charge is 2.47. The predicted molar refractivity (Wildman–Crippen MR) is 79.3 cm³/mol. The van der Waals surface area contributed by atoms with Crippen LogP contribution >= 0.6 is 11.6 Å². The van der Waals surface area contributed by atoms with Gasteiger partial charge in [-0.25, -0.2) is 4.79 Å². The molecular formula is C15H19ClN2O2. The van der Waals surface area contributed by atoms with Crippen molar-refractivity contribution >= 4 is 23.4 Å². The molecule has 1 amide bonds. The summed E-state index contributed by atoms with van der Waals surface area (Å²) >= 11 is 5.89. The van der Waals surface area contributed by atoms with Crippen molar-refractivity contribution in [2.24, 2.45) is 5.92 Å². The van der Waals surface area contributed by atoms with E-state index in [0.29, 0.717) is 17.5 Å². The Kier molecular flexibility index (Phi) is 3.61. The number of ether oxygens (including phenoxy) is 1. The van der Waals surface area contributed by atoms with Crippen molar-refractivity contribution in [2.45, 2.75) is 25.4 Å². The highest BCUT2D eigenvalue weighted by Crippen LogP contribution is 2.37. The maximum atomic E-state index is 12.2. The molecule has 0 aromatic heterocycles. The Morgan fingerprint density at radius 2 is 1.95 bits per heavy atom. The van der Waals surface area contributed by atoms with E-state index in [-0.39, 0.29) is 6.09 Å². The van der Waals surface area contributed by atoms with Crippen LogP contribution in [0.25, 0.3) is 0 Å². The van der Waals surface area contributed by atoms with Gasteiger partial charge in [-0.2, -0.15) is 0 Å². The van der Waals surface area contributed by atoms with Crippen LogP contribution in [0.3, 0.4) is 0 Å². The lowest BCUT2D eigenvalue weighted by Crippen LogP contribution is -2.44. The maximum Gasteiger partial charge on any atom is 0.415 e. The number of nitrogens with zero attached hydrogens (tertiary/aromatic N) is 1. The summed E-state index contributed by atoms with van der Waals surface area (Å²) in [6, 6.07) is 7.31. The van der Waals surface area contributed by atoms with E-state index in [1.807, 2.05) is 12.1 Å². The molecule has 0 aliphatic carbocycles. The topological polar surface area (TPSA) is 41.6 Å². The van der Waals surface area contributed by atoms with Crippen molar-refractivity contribution in [1.29, 1.82) is 0 Å². The summed E-state index contributed by atoms with van der Waals surface area (Å²) in [6.07, 6.45) is 1.85. The Balaban J connectivity index is 1.78. The Morgan fingerprint density at radius 3 is 2.60 bits per heavy atom. The van der Waals surface area contributed by atoms with E-state index in [0.717, 1.165) is 31.6 Å². The third-order valence-corrected chi connectivity index (χ3v) is 4.61. The number of benzene rings is 1. The molecule has 5 heteroatoms. The zero-order valence-corrected chi connectivity index (χ0v) is 12.3. The average molecular weight is 295 g/mol. The van der Waals surface area contributed by atoms with E-state index < -0.39 is 5.60 Å². The van der Waals surface area contributed by atoms with Crippen LogP contribution in [-0.4, -0.2) is 31.3 Å². The number of halogens is 1. The van der Waals surface area contributed by atoms with Gasteiger partial charge in [0.2, 0.25) is 0 Å². The smallest absolute Gasteiger partial charge is 0.415 e. The number of carbonyl (C=O) groups excluding carboxylic acids is 1. The van der Waals surface area contributed by atoms with E-state index in [4.69, 9.17) is 16.3 Å². The largest absolute Gasteiger partial charge is 0.441 e. The van der Waals surface area contributed by atoms with Gasteiger partial charge >= 0.3 is 6.09 Å².